The first kappa shape index (κ1) is 15.8. The van der Waals surface area contributed by atoms with Crippen LogP contribution < -0.4 is 0 Å². The molecule has 114 valence electrons. The Labute approximate surface area is 123 Å². The van der Waals surface area contributed by atoms with Crippen LogP contribution in [-0.4, -0.2) is 10.9 Å². The van der Waals surface area contributed by atoms with Gasteiger partial charge in [-0.3, -0.25) is 4.79 Å². The zero-order valence-electron chi connectivity index (χ0n) is 11.1. The predicted octanol–water partition coefficient (Wildman–Crippen LogP) is 4.45. The van der Waals surface area contributed by atoms with Gasteiger partial charge in [0.1, 0.15) is 11.6 Å². The van der Waals surface area contributed by atoms with Crippen molar-refractivity contribution in [3.8, 4) is 5.75 Å². The molecular weight excluding hydrogens is 300 g/mol. The van der Waals surface area contributed by atoms with Gasteiger partial charge in [0.15, 0.2) is 5.78 Å². The number of phenols is 1. The maximum Gasteiger partial charge on any atom is 0.416 e. The van der Waals surface area contributed by atoms with Crippen LogP contribution >= 0.6 is 0 Å². The lowest BCUT2D eigenvalue weighted by Gasteiger charge is -2.09. The van der Waals surface area contributed by atoms with E-state index in [4.69, 9.17) is 0 Å². The van der Waals surface area contributed by atoms with Crippen LogP contribution in [0.4, 0.5) is 17.6 Å². The molecule has 0 atom stereocenters. The van der Waals surface area contributed by atoms with Crippen LogP contribution in [0.25, 0.3) is 6.08 Å². The minimum Gasteiger partial charge on any atom is -0.507 e. The van der Waals surface area contributed by atoms with E-state index in [2.05, 4.69) is 0 Å². The first-order chi connectivity index (χ1) is 10.3. The molecule has 0 radical (unpaired) electrons. The summed E-state index contributed by atoms with van der Waals surface area (Å²) in [6, 6.07) is 7.52. The summed E-state index contributed by atoms with van der Waals surface area (Å²) in [5.74, 6) is -1.97. The Morgan fingerprint density at radius 1 is 1.09 bits per heavy atom. The molecule has 2 rings (SSSR count). The van der Waals surface area contributed by atoms with Gasteiger partial charge in [0.25, 0.3) is 0 Å². The third kappa shape index (κ3) is 3.52. The number of phenolic OH excluding ortho intramolecular Hbond substituents is 1. The standard InChI is InChI=1S/C16H10F4O2/c17-11-6-8-15(22)12(9-11)14(21)7-5-10-3-1-2-4-13(10)16(18,19)20/h1-9,22H. The number of ketones is 1. The Kier molecular flexibility index (Phi) is 4.30. The van der Waals surface area contributed by atoms with Gasteiger partial charge < -0.3 is 5.11 Å². The second kappa shape index (κ2) is 6.01. The molecular formula is C16H10F4O2. The molecule has 0 bridgehead atoms. The summed E-state index contributed by atoms with van der Waals surface area (Å²) in [6.45, 7) is 0. The molecule has 0 heterocycles. The van der Waals surface area contributed by atoms with Crippen LogP contribution in [0.1, 0.15) is 21.5 Å². The lowest BCUT2D eigenvalue weighted by atomic mass is 10.0. The fraction of sp³-hybridized carbons (Fsp3) is 0.0625. The average molecular weight is 310 g/mol. The van der Waals surface area contributed by atoms with E-state index in [1.54, 1.807) is 0 Å². The molecule has 0 unspecified atom stereocenters. The highest BCUT2D eigenvalue weighted by Gasteiger charge is 2.32. The fourth-order valence-corrected chi connectivity index (χ4v) is 1.86. The Balaban J connectivity index is 2.33. The SMILES string of the molecule is O=C(C=Cc1ccccc1C(F)(F)F)c1cc(F)ccc1O. The Hall–Kier alpha value is -2.63. The van der Waals surface area contributed by atoms with Crippen LogP contribution in [0.2, 0.25) is 0 Å². The van der Waals surface area contributed by atoms with Crippen molar-refractivity contribution >= 4 is 11.9 Å². The molecule has 0 saturated carbocycles. The zero-order chi connectivity index (χ0) is 16.3. The maximum absolute atomic E-state index is 13.1. The molecule has 2 aromatic carbocycles. The summed E-state index contributed by atoms with van der Waals surface area (Å²) < 4.78 is 51.5. The van der Waals surface area contributed by atoms with Gasteiger partial charge in [0.05, 0.1) is 11.1 Å². The molecule has 0 fully saturated rings. The summed E-state index contributed by atoms with van der Waals surface area (Å²) >= 11 is 0. The molecule has 0 spiro atoms. The van der Waals surface area contributed by atoms with Crippen LogP contribution in [-0.2, 0) is 6.18 Å². The highest BCUT2D eigenvalue weighted by atomic mass is 19.4. The van der Waals surface area contributed by atoms with Gasteiger partial charge in [-0.05, 0) is 35.9 Å². The molecule has 1 N–H and O–H groups in total. The molecule has 0 saturated heterocycles. The molecule has 0 aliphatic carbocycles. The van der Waals surface area contributed by atoms with E-state index < -0.39 is 29.1 Å². The summed E-state index contributed by atoms with van der Waals surface area (Å²) in [4.78, 5) is 11.9. The van der Waals surface area contributed by atoms with Crippen molar-refractivity contribution in [3.63, 3.8) is 0 Å². The molecule has 0 aliphatic heterocycles. The maximum atomic E-state index is 13.1. The topological polar surface area (TPSA) is 37.3 Å². The summed E-state index contributed by atoms with van der Waals surface area (Å²) in [7, 11) is 0. The van der Waals surface area contributed by atoms with E-state index in [1.807, 2.05) is 0 Å². The highest BCUT2D eigenvalue weighted by Crippen LogP contribution is 2.32. The van der Waals surface area contributed by atoms with Gasteiger partial charge in [-0.2, -0.15) is 13.2 Å². The summed E-state index contributed by atoms with van der Waals surface area (Å²) in [5.41, 5.74) is -1.40. The van der Waals surface area contributed by atoms with Crippen molar-refractivity contribution in [1.29, 1.82) is 0 Å². The molecule has 6 heteroatoms. The molecule has 0 amide bonds. The molecule has 2 nitrogen and oxygen atoms in total. The van der Waals surface area contributed by atoms with Gasteiger partial charge in [0.2, 0.25) is 0 Å². The van der Waals surface area contributed by atoms with E-state index in [0.717, 1.165) is 36.4 Å². The summed E-state index contributed by atoms with van der Waals surface area (Å²) in [6.07, 6.45) is -2.71. The number of carbonyl (C=O) groups is 1. The molecule has 22 heavy (non-hydrogen) atoms. The first-order valence-electron chi connectivity index (χ1n) is 6.16. The number of aromatic hydroxyl groups is 1. The van der Waals surface area contributed by atoms with Crippen molar-refractivity contribution in [2.45, 2.75) is 6.18 Å². The lowest BCUT2D eigenvalue weighted by molar-refractivity contribution is -0.137. The number of alkyl halides is 3. The van der Waals surface area contributed by atoms with Crippen LogP contribution in [0.15, 0.2) is 48.5 Å². The number of benzene rings is 2. The lowest BCUT2D eigenvalue weighted by Crippen LogP contribution is -2.07. The number of rotatable bonds is 3. The molecule has 2 aromatic rings. The van der Waals surface area contributed by atoms with Crippen molar-refractivity contribution in [2.24, 2.45) is 0 Å². The van der Waals surface area contributed by atoms with Crippen LogP contribution in [0.5, 0.6) is 5.75 Å². The monoisotopic (exact) mass is 310 g/mol. The van der Waals surface area contributed by atoms with Crippen molar-refractivity contribution in [1.82, 2.24) is 0 Å². The number of allylic oxidation sites excluding steroid dienone is 1. The van der Waals surface area contributed by atoms with Crippen molar-refractivity contribution in [3.05, 3.63) is 71.0 Å². The number of hydrogen-bond donors (Lipinski definition) is 1. The van der Waals surface area contributed by atoms with Crippen molar-refractivity contribution < 1.29 is 27.5 Å². The number of carbonyl (C=O) groups excluding carboxylic acids is 1. The van der Waals surface area contributed by atoms with E-state index in [0.29, 0.717) is 0 Å². The van der Waals surface area contributed by atoms with E-state index in [1.165, 1.54) is 18.2 Å². The van der Waals surface area contributed by atoms with E-state index in [9.17, 15) is 27.5 Å². The quantitative estimate of drug-likeness (QED) is 0.517. The van der Waals surface area contributed by atoms with Gasteiger partial charge in [0, 0.05) is 0 Å². The third-order valence-corrected chi connectivity index (χ3v) is 2.90. The minimum absolute atomic E-state index is 0.195. The van der Waals surface area contributed by atoms with E-state index in [-0.39, 0.29) is 11.1 Å². The highest BCUT2D eigenvalue weighted by molar-refractivity contribution is 6.08. The minimum atomic E-state index is -4.55. The van der Waals surface area contributed by atoms with Gasteiger partial charge in [-0.15, -0.1) is 0 Å². The Morgan fingerprint density at radius 3 is 2.45 bits per heavy atom. The number of hydrogen-bond acceptors (Lipinski definition) is 2. The van der Waals surface area contributed by atoms with Crippen LogP contribution in [0.3, 0.4) is 0 Å². The normalized spacial score (nSPS) is 11.8. The first-order valence-corrected chi connectivity index (χ1v) is 6.16. The van der Waals surface area contributed by atoms with Crippen LogP contribution in [0, 0.1) is 5.82 Å². The van der Waals surface area contributed by atoms with Gasteiger partial charge in [-0.25, -0.2) is 4.39 Å². The largest absolute Gasteiger partial charge is 0.507 e. The second-order valence-corrected chi connectivity index (χ2v) is 4.44. The molecule has 0 aromatic heterocycles. The number of halogens is 4. The van der Waals surface area contributed by atoms with Gasteiger partial charge >= 0.3 is 6.18 Å². The fourth-order valence-electron chi connectivity index (χ4n) is 1.86. The van der Waals surface area contributed by atoms with E-state index >= 15 is 0 Å². The van der Waals surface area contributed by atoms with Crippen molar-refractivity contribution in [2.75, 3.05) is 0 Å². The third-order valence-electron chi connectivity index (χ3n) is 2.90. The van der Waals surface area contributed by atoms with Gasteiger partial charge in [-0.1, -0.05) is 24.3 Å². The smallest absolute Gasteiger partial charge is 0.416 e. The predicted molar refractivity (Wildman–Crippen MR) is 72.9 cm³/mol. The average Bonchev–Trinajstić information content (AvgIpc) is 2.46. The zero-order valence-corrected chi connectivity index (χ0v) is 11.1. The summed E-state index contributed by atoms with van der Waals surface area (Å²) in [5, 5.41) is 9.49. The second-order valence-electron chi connectivity index (χ2n) is 4.44. The molecule has 0 aliphatic rings. The Morgan fingerprint density at radius 2 is 1.77 bits per heavy atom. The Bertz CT molecular complexity index is 733.